The summed E-state index contributed by atoms with van der Waals surface area (Å²) in [5, 5.41) is 3.50. The number of nitrogens with two attached hydrogens (primary N) is 1. The van der Waals surface area contributed by atoms with E-state index in [2.05, 4.69) is 17.2 Å². The first kappa shape index (κ1) is 11.2. The van der Waals surface area contributed by atoms with Crippen LogP contribution in [0.3, 0.4) is 0 Å². The molecule has 3 heteroatoms. The number of pyridine rings is 1. The fourth-order valence-corrected chi connectivity index (χ4v) is 2.26. The zero-order chi connectivity index (χ0) is 11.5. The van der Waals surface area contributed by atoms with Crippen molar-refractivity contribution in [3.05, 3.63) is 17.8 Å². The number of hydrogen-bond acceptors (Lipinski definition) is 3. The van der Waals surface area contributed by atoms with E-state index in [1.165, 1.54) is 25.7 Å². The summed E-state index contributed by atoms with van der Waals surface area (Å²) in [7, 11) is 0. The molecule has 0 radical (unpaired) electrons. The van der Waals surface area contributed by atoms with Gasteiger partial charge in [0.25, 0.3) is 0 Å². The molecule has 1 aromatic rings. The Morgan fingerprint density at radius 3 is 2.62 bits per heavy atom. The number of aromatic nitrogens is 1. The van der Waals surface area contributed by atoms with E-state index in [-0.39, 0.29) is 0 Å². The summed E-state index contributed by atoms with van der Waals surface area (Å²) in [5.74, 6) is 1.85. The highest BCUT2D eigenvalue weighted by molar-refractivity contribution is 5.51. The van der Waals surface area contributed by atoms with Crippen LogP contribution in [-0.2, 0) is 0 Å². The fraction of sp³-hybridized carbons (Fsp3) is 0.615. The molecule has 1 aromatic heterocycles. The molecule has 1 saturated carbocycles. The fourth-order valence-electron chi connectivity index (χ4n) is 2.26. The second-order valence-corrected chi connectivity index (χ2v) is 5.03. The molecule has 0 aromatic carbocycles. The van der Waals surface area contributed by atoms with Gasteiger partial charge in [0.05, 0.1) is 11.9 Å². The van der Waals surface area contributed by atoms with Crippen LogP contribution >= 0.6 is 0 Å². The number of nitrogens with zero attached hydrogens (tertiary/aromatic N) is 1. The number of aryl methyl sites for hydroxylation is 1. The van der Waals surface area contributed by atoms with Gasteiger partial charge in [-0.1, -0.05) is 6.92 Å². The van der Waals surface area contributed by atoms with Gasteiger partial charge in [0.15, 0.2) is 0 Å². The quantitative estimate of drug-likeness (QED) is 0.804. The largest absolute Gasteiger partial charge is 0.397 e. The van der Waals surface area contributed by atoms with Gasteiger partial charge in [0, 0.05) is 6.04 Å². The van der Waals surface area contributed by atoms with Crippen LogP contribution in [0.25, 0.3) is 0 Å². The normalized spacial score (nSPS) is 25.4. The first-order chi connectivity index (χ1) is 7.65. The van der Waals surface area contributed by atoms with E-state index in [4.69, 9.17) is 5.73 Å². The lowest BCUT2D eigenvalue weighted by molar-refractivity contribution is 0.361. The average Bonchev–Trinajstić information content (AvgIpc) is 2.27. The highest BCUT2D eigenvalue weighted by Gasteiger charge is 2.18. The Hall–Kier alpha value is -1.25. The van der Waals surface area contributed by atoms with Crippen LogP contribution in [0.15, 0.2) is 12.3 Å². The van der Waals surface area contributed by atoms with Gasteiger partial charge in [-0.3, -0.25) is 0 Å². The lowest BCUT2D eigenvalue weighted by Gasteiger charge is -2.27. The molecule has 3 nitrogen and oxygen atoms in total. The monoisotopic (exact) mass is 219 g/mol. The lowest BCUT2D eigenvalue weighted by Crippen LogP contribution is -2.25. The van der Waals surface area contributed by atoms with E-state index in [1.54, 1.807) is 6.20 Å². The maximum absolute atomic E-state index is 5.75. The van der Waals surface area contributed by atoms with Gasteiger partial charge in [0.1, 0.15) is 5.82 Å². The zero-order valence-corrected chi connectivity index (χ0v) is 10.2. The van der Waals surface area contributed by atoms with Gasteiger partial charge in [0.2, 0.25) is 0 Å². The van der Waals surface area contributed by atoms with Crippen molar-refractivity contribution in [3.8, 4) is 0 Å². The molecule has 0 unspecified atom stereocenters. The third-order valence-electron chi connectivity index (χ3n) is 3.52. The number of anilines is 2. The van der Waals surface area contributed by atoms with Crippen molar-refractivity contribution in [2.75, 3.05) is 11.1 Å². The Labute approximate surface area is 97.5 Å². The molecule has 2 rings (SSSR count). The highest BCUT2D eigenvalue weighted by Crippen LogP contribution is 2.26. The van der Waals surface area contributed by atoms with Crippen molar-refractivity contribution in [1.82, 2.24) is 4.98 Å². The van der Waals surface area contributed by atoms with Gasteiger partial charge in [-0.15, -0.1) is 0 Å². The second kappa shape index (κ2) is 4.73. The summed E-state index contributed by atoms with van der Waals surface area (Å²) >= 11 is 0. The SMILES string of the molecule is Cc1cc(NC2CCC(C)CC2)ncc1N. The van der Waals surface area contributed by atoms with E-state index in [0.717, 1.165) is 23.0 Å². The van der Waals surface area contributed by atoms with Crippen LogP contribution in [0.1, 0.15) is 38.2 Å². The van der Waals surface area contributed by atoms with Crippen LogP contribution in [0.2, 0.25) is 0 Å². The molecule has 3 N–H and O–H groups in total. The minimum Gasteiger partial charge on any atom is -0.397 e. The van der Waals surface area contributed by atoms with Crippen molar-refractivity contribution in [2.45, 2.75) is 45.6 Å². The predicted molar refractivity (Wildman–Crippen MR) is 68.4 cm³/mol. The van der Waals surface area contributed by atoms with Crippen molar-refractivity contribution in [2.24, 2.45) is 5.92 Å². The maximum atomic E-state index is 5.75. The summed E-state index contributed by atoms with van der Waals surface area (Å²) in [5.41, 5.74) is 7.62. The van der Waals surface area contributed by atoms with Crippen molar-refractivity contribution >= 4 is 11.5 Å². The molecule has 16 heavy (non-hydrogen) atoms. The third kappa shape index (κ3) is 2.65. The Morgan fingerprint density at radius 1 is 1.31 bits per heavy atom. The van der Waals surface area contributed by atoms with Crippen LogP contribution in [0, 0.1) is 12.8 Å². The van der Waals surface area contributed by atoms with E-state index < -0.39 is 0 Å². The molecule has 0 spiro atoms. The standard InChI is InChI=1S/C13H21N3/c1-9-3-5-11(6-4-9)16-13-7-10(2)12(14)8-15-13/h7-9,11H,3-6,14H2,1-2H3,(H,15,16). The Bertz CT molecular complexity index is 354. The maximum Gasteiger partial charge on any atom is 0.126 e. The first-order valence-electron chi connectivity index (χ1n) is 6.14. The van der Waals surface area contributed by atoms with Gasteiger partial charge in [-0.05, 0) is 50.2 Å². The summed E-state index contributed by atoms with van der Waals surface area (Å²) in [6.07, 6.45) is 6.90. The Morgan fingerprint density at radius 2 is 2.00 bits per heavy atom. The lowest BCUT2D eigenvalue weighted by atomic mass is 9.87. The topological polar surface area (TPSA) is 50.9 Å². The van der Waals surface area contributed by atoms with Crippen LogP contribution < -0.4 is 11.1 Å². The second-order valence-electron chi connectivity index (χ2n) is 5.03. The van der Waals surface area contributed by atoms with Crippen molar-refractivity contribution in [1.29, 1.82) is 0 Å². The van der Waals surface area contributed by atoms with Crippen LogP contribution in [-0.4, -0.2) is 11.0 Å². The number of hydrogen-bond donors (Lipinski definition) is 2. The molecule has 1 aliphatic rings. The zero-order valence-electron chi connectivity index (χ0n) is 10.2. The molecule has 88 valence electrons. The third-order valence-corrected chi connectivity index (χ3v) is 3.52. The average molecular weight is 219 g/mol. The molecule has 0 aliphatic heterocycles. The van der Waals surface area contributed by atoms with Gasteiger partial charge >= 0.3 is 0 Å². The molecule has 1 heterocycles. The molecule has 0 saturated heterocycles. The first-order valence-corrected chi connectivity index (χ1v) is 6.14. The summed E-state index contributed by atoms with van der Waals surface area (Å²) in [6.45, 7) is 4.35. The Balaban J connectivity index is 1.96. The molecule has 1 fully saturated rings. The number of rotatable bonds is 2. The predicted octanol–water partition coefficient (Wildman–Crippen LogP) is 2.96. The van der Waals surface area contributed by atoms with E-state index in [9.17, 15) is 0 Å². The number of nitrogens with one attached hydrogen (secondary N) is 1. The molecule has 1 aliphatic carbocycles. The molecular weight excluding hydrogens is 198 g/mol. The minimum absolute atomic E-state index is 0.590. The Kier molecular flexibility index (Phi) is 3.32. The molecular formula is C13H21N3. The summed E-state index contributed by atoms with van der Waals surface area (Å²) < 4.78 is 0. The van der Waals surface area contributed by atoms with E-state index >= 15 is 0 Å². The van der Waals surface area contributed by atoms with Crippen LogP contribution in [0.4, 0.5) is 11.5 Å². The van der Waals surface area contributed by atoms with E-state index in [0.29, 0.717) is 6.04 Å². The van der Waals surface area contributed by atoms with Gasteiger partial charge in [-0.25, -0.2) is 4.98 Å². The van der Waals surface area contributed by atoms with Gasteiger partial charge < -0.3 is 11.1 Å². The minimum atomic E-state index is 0.590. The smallest absolute Gasteiger partial charge is 0.126 e. The highest BCUT2D eigenvalue weighted by atomic mass is 15.0. The molecule has 0 atom stereocenters. The van der Waals surface area contributed by atoms with E-state index in [1.807, 2.05) is 13.0 Å². The van der Waals surface area contributed by atoms with Crippen molar-refractivity contribution < 1.29 is 0 Å². The van der Waals surface area contributed by atoms with Crippen molar-refractivity contribution in [3.63, 3.8) is 0 Å². The molecule has 0 bridgehead atoms. The van der Waals surface area contributed by atoms with Crippen LogP contribution in [0.5, 0.6) is 0 Å². The number of nitrogen functional groups attached to an aromatic ring is 1. The molecule has 0 amide bonds. The summed E-state index contributed by atoms with van der Waals surface area (Å²) in [6, 6.07) is 2.62. The van der Waals surface area contributed by atoms with Gasteiger partial charge in [-0.2, -0.15) is 0 Å². The summed E-state index contributed by atoms with van der Waals surface area (Å²) in [4.78, 5) is 4.32.